The maximum Gasteiger partial charge on any atom is 0.263 e. The second-order valence-electron chi connectivity index (χ2n) is 9.40. The Hall–Kier alpha value is -2.24. The van der Waals surface area contributed by atoms with Gasteiger partial charge in [0.05, 0.1) is 7.11 Å². The lowest BCUT2D eigenvalue weighted by atomic mass is 9.47. The van der Waals surface area contributed by atoms with Gasteiger partial charge < -0.3 is 20.5 Å². The molecule has 5 atom stereocenters. The number of primary amides is 1. The van der Waals surface area contributed by atoms with Crippen LogP contribution in [0.1, 0.15) is 46.0 Å². The predicted molar refractivity (Wildman–Crippen MR) is 105 cm³/mol. The number of ether oxygens (including phenoxy) is 2. The van der Waals surface area contributed by atoms with Gasteiger partial charge in [0.1, 0.15) is 11.5 Å². The molecule has 3 N–H and O–H groups in total. The van der Waals surface area contributed by atoms with Crippen LogP contribution in [0, 0.1) is 23.2 Å². The molecule has 0 spiro atoms. The molecule has 1 aromatic rings. The van der Waals surface area contributed by atoms with E-state index in [1.54, 1.807) is 33.1 Å². The van der Waals surface area contributed by atoms with E-state index in [0.29, 0.717) is 23.5 Å². The minimum absolute atomic E-state index is 0.107. The maximum atomic E-state index is 13.0. The van der Waals surface area contributed by atoms with Crippen molar-refractivity contribution in [1.29, 1.82) is 0 Å². The van der Waals surface area contributed by atoms with Crippen molar-refractivity contribution in [2.24, 2.45) is 28.9 Å². The fourth-order valence-electron chi connectivity index (χ4n) is 5.87. The van der Waals surface area contributed by atoms with Crippen molar-refractivity contribution in [1.82, 2.24) is 5.32 Å². The van der Waals surface area contributed by atoms with Crippen LogP contribution in [0.4, 0.5) is 0 Å². The Morgan fingerprint density at radius 1 is 1.07 bits per heavy atom. The predicted octanol–water partition coefficient (Wildman–Crippen LogP) is 2.65. The van der Waals surface area contributed by atoms with Gasteiger partial charge in [0.2, 0.25) is 5.91 Å². The molecular formula is C22H30N2O4. The van der Waals surface area contributed by atoms with Gasteiger partial charge >= 0.3 is 0 Å². The molecule has 0 heterocycles. The summed E-state index contributed by atoms with van der Waals surface area (Å²) in [6.45, 7) is 3.57. The number of nitrogens with two attached hydrogens (primary N) is 1. The number of rotatable bonds is 6. The molecule has 5 rings (SSSR count). The Balaban J connectivity index is 1.44. The second-order valence-corrected chi connectivity index (χ2v) is 9.40. The van der Waals surface area contributed by atoms with Gasteiger partial charge in [0.15, 0.2) is 5.60 Å². The summed E-state index contributed by atoms with van der Waals surface area (Å²) in [6, 6.07) is 7.32. The standard InChI is InChI=1S/C22H30N2O4/c1-21(2,28-17-6-4-16(27-3)5-7-17)20(26)24-18-14-8-13-9-15(18)12-22(10-13,11-14)19(23)25/h4-7,13-15,18H,8-12H2,1-3H3,(H2,23,25)(H,24,26)/t13-,14-,15+,18?,22-. The van der Waals surface area contributed by atoms with Crippen molar-refractivity contribution >= 4 is 11.8 Å². The van der Waals surface area contributed by atoms with Crippen molar-refractivity contribution in [2.45, 2.75) is 57.6 Å². The minimum atomic E-state index is -0.995. The van der Waals surface area contributed by atoms with E-state index in [-0.39, 0.29) is 23.3 Å². The Morgan fingerprint density at radius 3 is 2.18 bits per heavy atom. The van der Waals surface area contributed by atoms with Gasteiger partial charge in [-0.25, -0.2) is 0 Å². The second kappa shape index (κ2) is 6.68. The van der Waals surface area contributed by atoms with Gasteiger partial charge in [0, 0.05) is 11.5 Å². The Bertz CT molecular complexity index is 757. The molecule has 28 heavy (non-hydrogen) atoms. The minimum Gasteiger partial charge on any atom is -0.497 e. The molecular weight excluding hydrogens is 356 g/mol. The fourth-order valence-corrected chi connectivity index (χ4v) is 5.87. The highest BCUT2D eigenvalue weighted by molar-refractivity contribution is 5.85. The van der Waals surface area contributed by atoms with E-state index in [1.165, 1.54) is 0 Å². The Labute approximate surface area is 166 Å². The van der Waals surface area contributed by atoms with Gasteiger partial charge in [-0.05, 0) is 88.0 Å². The molecule has 4 bridgehead atoms. The summed E-state index contributed by atoms with van der Waals surface area (Å²) >= 11 is 0. The summed E-state index contributed by atoms with van der Waals surface area (Å²) in [5, 5.41) is 3.26. The first-order valence-electron chi connectivity index (χ1n) is 10.2. The average molecular weight is 386 g/mol. The quantitative estimate of drug-likeness (QED) is 0.786. The first-order chi connectivity index (χ1) is 13.2. The van der Waals surface area contributed by atoms with Gasteiger partial charge in [-0.1, -0.05) is 0 Å². The third kappa shape index (κ3) is 3.23. The van der Waals surface area contributed by atoms with E-state index >= 15 is 0 Å². The highest BCUT2D eigenvalue weighted by Crippen LogP contribution is 2.59. The number of carbonyl (C=O) groups is 2. The van der Waals surface area contributed by atoms with Crippen LogP contribution in [-0.2, 0) is 9.59 Å². The third-order valence-electron chi connectivity index (χ3n) is 7.07. The molecule has 152 valence electrons. The molecule has 6 heteroatoms. The zero-order chi connectivity index (χ0) is 20.1. The van der Waals surface area contributed by atoms with E-state index in [9.17, 15) is 9.59 Å². The molecule has 4 aliphatic rings. The zero-order valence-corrected chi connectivity index (χ0v) is 16.9. The summed E-state index contributed by atoms with van der Waals surface area (Å²) in [7, 11) is 1.61. The number of hydrogen-bond donors (Lipinski definition) is 2. The molecule has 2 amide bonds. The smallest absolute Gasteiger partial charge is 0.263 e. The lowest BCUT2D eigenvalue weighted by Gasteiger charge is -2.59. The monoisotopic (exact) mass is 386 g/mol. The molecule has 1 unspecified atom stereocenters. The molecule has 0 saturated heterocycles. The van der Waals surface area contributed by atoms with E-state index < -0.39 is 5.60 Å². The Morgan fingerprint density at radius 2 is 1.64 bits per heavy atom. The third-order valence-corrected chi connectivity index (χ3v) is 7.07. The molecule has 1 aromatic carbocycles. The van der Waals surface area contributed by atoms with E-state index in [2.05, 4.69) is 5.32 Å². The van der Waals surface area contributed by atoms with Crippen LogP contribution in [0.15, 0.2) is 24.3 Å². The summed E-state index contributed by atoms with van der Waals surface area (Å²) in [5.74, 6) is 2.33. The summed E-state index contributed by atoms with van der Waals surface area (Å²) in [5.41, 5.74) is 4.42. The lowest BCUT2D eigenvalue weighted by molar-refractivity contribution is -0.150. The average Bonchev–Trinajstić information content (AvgIpc) is 2.64. The van der Waals surface area contributed by atoms with Gasteiger partial charge in [-0.2, -0.15) is 0 Å². The zero-order valence-electron chi connectivity index (χ0n) is 16.9. The van der Waals surface area contributed by atoms with E-state index in [1.807, 2.05) is 12.1 Å². The van der Waals surface area contributed by atoms with Crippen molar-refractivity contribution in [3.63, 3.8) is 0 Å². The lowest BCUT2D eigenvalue weighted by Crippen LogP contribution is -2.63. The van der Waals surface area contributed by atoms with Crippen molar-refractivity contribution in [3.05, 3.63) is 24.3 Å². The van der Waals surface area contributed by atoms with E-state index in [0.717, 1.165) is 37.9 Å². The highest BCUT2D eigenvalue weighted by Gasteiger charge is 2.58. The summed E-state index contributed by atoms with van der Waals surface area (Å²) < 4.78 is 11.1. The molecule has 0 radical (unpaired) electrons. The Kier molecular flexibility index (Phi) is 4.55. The van der Waals surface area contributed by atoms with Crippen molar-refractivity contribution in [3.8, 4) is 11.5 Å². The van der Waals surface area contributed by atoms with E-state index in [4.69, 9.17) is 15.2 Å². The topological polar surface area (TPSA) is 90.7 Å². The summed E-state index contributed by atoms with van der Waals surface area (Å²) in [6.07, 6.45) is 4.70. The number of amides is 2. The van der Waals surface area contributed by atoms with Gasteiger partial charge in [-0.3, -0.25) is 9.59 Å². The molecule has 4 fully saturated rings. The number of methoxy groups -OCH3 is 1. The van der Waals surface area contributed by atoms with Crippen LogP contribution in [0.5, 0.6) is 11.5 Å². The van der Waals surface area contributed by atoms with Crippen LogP contribution < -0.4 is 20.5 Å². The van der Waals surface area contributed by atoms with Crippen molar-refractivity contribution in [2.75, 3.05) is 7.11 Å². The molecule has 0 aliphatic heterocycles. The first kappa shape index (κ1) is 19.1. The van der Waals surface area contributed by atoms with Crippen LogP contribution in [-0.4, -0.2) is 30.6 Å². The van der Waals surface area contributed by atoms with Crippen LogP contribution in [0.2, 0.25) is 0 Å². The van der Waals surface area contributed by atoms with Gasteiger partial charge in [-0.15, -0.1) is 0 Å². The fraction of sp³-hybridized carbons (Fsp3) is 0.636. The van der Waals surface area contributed by atoms with Crippen LogP contribution in [0.25, 0.3) is 0 Å². The highest BCUT2D eigenvalue weighted by atomic mass is 16.5. The molecule has 6 nitrogen and oxygen atoms in total. The molecule has 4 aliphatic carbocycles. The SMILES string of the molecule is COc1ccc(OC(C)(C)C(=O)NC2[C@@H]3C[C@@H]4C[C@H]2C[C@@](C(N)=O)(C4)C3)cc1. The van der Waals surface area contributed by atoms with Crippen molar-refractivity contribution < 1.29 is 19.1 Å². The number of benzene rings is 1. The number of carbonyl (C=O) groups excluding carboxylic acids is 2. The van der Waals surface area contributed by atoms with Crippen LogP contribution >= 0.6 is 0 Å². The molecule has 4 saturated carbocycles. The summed E-state index contributed by atoms with van der Waals surface area (Å²) in [4.78, 5) is 25.1. The van der Waals surface area contributed by atoms with Crippen LogP contribution in [0.3, 0.4) is 0 Å². The number of nitrogens with one attached hydrogen (secondary N) is 1. The molecule has 0 aromatic heterocycles. The maximum absolute atomic E-state index is 13.0. The first-order valence-corrected chi connectivity index (χ1v) is 10.2. The normalized spacial score (nSPS) is 33.4. The largest absolute Gasteiger partial charge is 0.497 e. The number of hydrogen-bond acceptors (Lipinski definition) is 4. The van der Waals surface area contributed by atoms with Gasteiger partial charge in [0.25, 0.3) is 5.91 Å².